The average Bonchev–Trinajstić information content (AvgIpc) is 2.99. The van der Waals surface area contributed by atoms with Gasteiger partial charge in [0.1, 0.15) is 17.8 Å². The lowest BCUT2D eigenvalue weighted by Crippen LogP contribution is -2.16. The van der Waals surface area contributed by atoms with E-state index < -0.39 is 5.82 Å². The first-order chi connectivity index (χ1) is 13.0. The lowest BCUT2D eigenvalue weighted by Gasteiger charge is -2.09. The van der Waals surface area contributed by atoms with E-state index in [4.69, 9.17) is 10.5 Å². The summed E-state index contributed by atoms with van der Waals surface area (Å²) in [5.41, 5.74) is 7.62. The molecule has 0 bridgehead atoms. The molecule has 0 radical (unpaired) electrons. The number of aromatic nitrogens is 4. The van der Waals surface area contributed by atoms with Crippen molar-refractivity contribution < 1.29 is 9.13 Å². The summed E-state index contributed by atoms with van der Waals surface area (Å²) in [6.45, 7) is 0. The van der Waals surface area contributed by atoms with Gasteiger partial charge < -0.3 is 19.6 Å². The number of pyridine rings is 1. The van der Waals surface area contributed by atoms with E-state index in [1.807, 2.05) is 13.2 Å². The summed E-state index contributed by atoms with van der Waals surface area (Å²) in [4.78, 5) is 20.3. The van der Waals surface area contributed by atoms with E-state index >= 15 is 0 Å². The number of anilines is 1. The summed E-state index contributed by atoms with van der Waals surface area (Å²) in [5, 5.41) is 0.657. The van der Waals surface area contributed by atoms with Crippen LogP contribution in [0.25, 0.3) is 22.2 Å². The van der Waals surface area contributed by atoms with Crippen LogP contribution in [0.3, 0.4) is 0 Å². The quantitative estimate of drug-likeness (QED) is 0.603. The van der Waals surface area contributed by atoms with Gasteiger partial charge in [-0.25, -0.2) is 14.4 Å². The first kappa shape index (κ1) is 16.8. The molecular weight excluding hydrogens is 349 g/mol. The van der Waals surface area contributed by atoms with Gasteiger partial charge in [0, 0.05) is 32.1 Å². The van der Waals surface area contributed by atoms with Gasteiger partial charge in [-0.3, -0.25) is 4.79 Å². The van der Waals surface area contributed by atoms with Crippen molar-refractivity contribution in [2.45, 2.75) is 0 Å². The molecule has 8 heteroatoms. The molecule has 0 amide bonds. The molecule has 1 aromatic carbocycles. The fourth-order valence-electron chi connectivity index (χ4n) is 2.97. The highest BCUT2D eigenvalue weighted by Gasteiger charge is 2.16. The number of nitrogen functional groups attached to an aromatic ring is 1. The molecule has 0 saturated carbocycles. The van der Waals surface area contributed by atoms with E-state index in [0.717, 1.165) is 0 Å². The van der Waals surface area contributed by atoms with Gasteiger partial charge in [0.2, 0.25) is 0 Å². The van der Waals surface area contributed by atoms with Crippen LogP contribution in [0, 0.1) is 5.82 Å². The molecule has 136 valence electrons. The molecule has 4 rings (SSSR count). The van der Waals surface area contributed by atoms with Crippen LogP contribution in [0.1, 0.15) is 0 Å². The predicted molar refractivity (Wildman–Crippen MR) is 100 cm³/mol. The highest BCUT2D eigenvalue weighted by molar-refractivity contribution is 6.00. The van der Waals surface area contributed by atoms with Crippen LogP contribution in [0.4, 0.5) is 10.2 Å². The highest BCUT2D eigenvalue weighted by Crippen LogP contribution is 2.34. The maximum atomic E-state index is 14.7. The Morgan fingerprint density at radius 1 is 1.11 bits per heavy atom. The average molecular weight is 365 g/mol. The van der Waals surface area contributed by atoms with E-state index in [1.54, 1.807) is 29.9 Å². The van der Waals surface area contributed by atoms with E-state index in [-0.39, 0.29) is 17.1 Å². The second kappa shape index (κ2) is 6.24. The zero-order chi connectivity index (χ0) is 19.1. The largest absolute Gasteiger partial charge is 0.448 e. The molecule has 2 N–H and O–H groups in total. The van der Waals surface area contributed by atoms with Gasteiger partial charge in [-0.15, -0.1) is 0 Å². The molecule has 0 aliphatic heterocycles. The van der Waals surface area contributed by atoms with Crippen LogP contribution in [0.15, 0.2) is 53.8 Å². The van der Waals surface area contributed by atoms with Gasteiger partial charge in [0.05, 0.1) is 5.39 Å². The Morgan fingerprint density at radius 2 is 1.93 bits per heavy atom. The van der Waals surface area contributed by atoms with E-state index in [9.17, 15) is 9.18 Å². The maximum Gasteiger partial charge on any atom is 0.293 e. The van der Waals surface area contributed by atoms with Gasteiger partial charge in [-0.1, -0.05) is 6.07 Å². The standard InChI is InChI=1S/C19H16FN5O2/c1-24-7-3-4-15(19(24)26)27-14-6-5-11(8-13(14)20)12-9-25(2)18-16(12)17(21)22-10-23-18/h3-10H,1-2H3,(H2,21,22,23). The zero-order valence-corrected chi connectivity index (χ0v) is 14.7. The maximum absolute atomic E-state index is 14.7. The van der Waals surface area contributed by atoms with Gasteiger partial charge in [-0.05, 0) is 29.8 Å². The van der Waals surface area contributed by atoms with Gasteiger partial charge in [0.25, 0.3) is 5.56 Å². The molecule has 0 aliphatic carbocycles. The van der Waals surface area contributed by atoms with Crippen molar-refractivity contribution in [1.82, 2.24) is 19.1 Å². The van der Waals surface area contributed by atoms with Crippen molar-refractivity contribution in [2.24, 2.45) is 14.1 Å². The molecule has 27 heavy (non-hydrogen) atoms. The molecule has 4 aromatic rings. The summed E-state index contributed by atoms with van der Waals surface area (Å²) in [6.07, 6.45) is 4.80. The van der Waals surface area contributed by atoms with Crippen molar-refractivity contribution in [2.75, 3.05) is 5.73 Å². The summed E-state index contributed by atoms with van der Waals surface area (Å²) in [7, 11) is 3.43. The third kappa shape index (κ3) is 2.80. The van der Waals surface area contributed by atoms with Crippen molar-refractivity contribution in [3.63, 3.8) is 0 Å². The molecule has 0 fully saturated rings. The van der Waals surface area contributed by atoms with Crippen LogP contribution in [0.2, 0.25) is 0 Å². The van der Waals surface area contributed by atoms with Crippen molar-refractivity contribution >= 4 is 16.9 Å². The van der Waals surface area contributed by atoms with Crippen LogP contribution < -0.4 is 16.0 Å². The molecule has 0 saturated heterocycles. The number of nitrogens with two attached hydrogens (primary N) is 1. The number of hydrogen-bond donors (Lipinski definition) is 1. The van der Waals surface area contributed by atoms with Crippen LogP contribution in [-0.4, -0.2) is 19.1 Å². The summed E-state index contributed by atoms with van der Waals surface area (Å²) in [6, 6.07) is 7.67. The van der Waals surface area contributed by atoms with Gasteiger partial charge in [0.15, 0.2) is 17.3 Å². The number of benzene rings is 1. The van der Waals surface area contributed by atoms with Crippen LogP contribution in [0.5, 0.6) is 11.5 Å². The first-order valence-corrected chi connectivity index (χ1v) is 8.14. The van der Waals surface area contributed by atoms with Crippen LogP contribution in [-0.2, 0) is 14.1 Å². The Morgan fingerprint density at radius 3 is 2.70 bits per heavy atom. The normalized spacial score (nSPS) is 11.1. The summed E-state index contributed by atoms with van der Waals surface area (Å²) < 4.78 is 23.3. The van der Waals surface area contributed by atoms with Crippen molar-refractivity contribution in [1.29, 1.82) is 0 Å². The lowest BCUT2D eigenvalue weighted by atomic mass is 10.1. The third-order valence-corrected chi connectivity index (χ3v) is 4.33. The highest BCUT2D eigenvalue weighted by atomic mass is 19.1. The molecule has 3 heterocycles. The Balaban J connectivity index is 1.77. The minimum absolute atomic E-state index is 0.0356. The van der Waals surface area contributed by atoms with Crippen LogP contribution >= 0.6 is 0 Å². The first-order valence-electron chi connectivity index (χ1n) is 8.14. The molecular formula is C19H16FN5O2. The second-order valence-electron chi connectivity index (χ2n) is 6.15. The van der Waals surface area contributed by atoms with Gasteiger partial charge >= 0.3 is 0 Å². The van der Waals surface area contributed by atoms with Crippen molar-refractivity contribution in [3.05, 3.63) is 65.2 Å². The number of hydrogen-bond acceptors (Lipinski definition) is 5. The Kier molecular flexibility index (Phi) is 3.88. The molecule has 7 nitrogen and oxygen atoms in total. The lowest BCUT2D eigenvalue weighted by molar-refractivity contribution is 0.433. The minimum atomic E-state index is -0.592. The molecule has 0 aliphatic rings. The molecule has 0 spiro atoms. The number of halogens is 1. The minimum Gasteiger partial charge on any atom is -0.448 e. The van der Waals surface area contributed by atoms with Gasteiger partial charge in [-0.2, -0.15) is 0 Å². The summed E-state index contributed by atoms with van der Waals surface area (Å²) >= 11 is 0. The Bertz CT molecular complexity index is 1230. The number of fused-ring (bicyclic) bond motifs is 1. The monoisotopic (exact) mass is 365 g/mol. The SMILES string of the molecule is Cn1cccc(Oc2ccc(-c3cn(C)c4ncnc(N)c34)cc2F)c1=O. The third-order valence-electron chi connectivity index (χ3n) is 4.33. The zero-order valence-electron chi connectivity index (χ0n) is 14.7. The predicted octanol–water partition coefficient (Wildman–Crippen LogP) is 2.85. The van der Waals surface area contributed by atoms with Crippen molar-refractivity contribution in [3.8, 4) is 22.6 Å². The Labute approximate surface area is 153 Å². The fraction of sp³-hybridized carbons (Fsp3) is 0.105. The smallest absolute Gasteiger partial charge is 0.293 e. The molecule has 0 unspecified atom stereocenters. The number of nitrogens with zero attached hydrogens (tertiary/aromatic N) is 4. The number of rotatable bonds is 3. The fourth-order valence-corrected chi connectivity index (χ4v) is 2.97. The second-order valence-corrected chi connectivity index (χ2v) is 6.15. The van der Waals surface area contributed by atoms with E-state index in [0.29, 0.717) is 28.0 Å². The topological polar surface area (TPSA) is 88.0 Å². The number of aryl methyl sites for hydroxylation is 2. The number of ether oxygens (including phenoxy) is 1. The molecule has 3 aromatic heterocycles. The van der Waals surface area contributed by atoms with E-state index in [1.165, 1.54) is 29.1 Å². The molecule has 0 atom stereocenters. The Hall–Kier alpha value is -3.68. The summed E-state index contributed by atoms with van der Waals surface area (Å²) in [5.74, 6) is -0.254. The van der Waals surface area contributed by atoms with E-state index in [2.05, 4.69) is 9.97 Å².